The molecule has 0 aliphatic rings. The van der Waals surface area contributed by atoms with Crippen LogP contribution in [0.5, 0.6) is 5.75 Å². The first-order valence-corrected chi connectivity index (χ1v) is 9.93. The van der Waals surface area contributed by atoms with Gasteiger partial charge in [0, 0.05) is 6.20 Å². The number of sulfone groups is 1. The Bertz CT molecular complexity index is 974. The summed E-state index contributed by atoms with van der Waals surface area (Å²) in [7, 11) is -3.67. The zero-order valence-electron chi connectivity index (χ0n) is 15.2. The molecule has 0 N–H and O–H groups in total. The first kappa shape index (κ1) is 22.7. The van der Waals surface area contributed by atoms with Gasteiger partial charge in [0.15, 0.2) is 16.4 Å². The first-order chi connectivity index (χ1) is 13.4. The summed E-state index contributed by atoms with van der Waals surface area (Å²) in [5.41, 5.74) is 0.744. The molecule has 2 heterocycles. The molecule has 0 amide bonds. The Morgan fingerprint density at radius 3 is 2.34 bits per heavy atom. The third-order valence-electron chi connectivity index (χ3n) is 3.82. The van der Waals surface area contributed by atoms with Crippen LogP contribution in [0.15, 0.2) is 48.1 Å². The van der Waals surface area contributed by atoms with E-state index >= 15 is 0 Å². The Balaban J connectivity index is 2.33. The maximum absolute atomic E-state index is 12.9. The lowest BCUT2D eigenvalue weighted by atomic mass is 10.1. The van der Waals surface area contributed by atoms with Crippen molar-refractivity contribution in [3.63, 3.8) is 0 Å². The summed E-state index contributed by atoms with van der Waals surface area (Å²) in [6.45, 7) is 3.14. The monoisotopic (exact) mass is 436 g/mol. The minimum Gasteiger partial charge on any atom is -0.485 e. The van der Waals surface area contributed by atoms with Gasteiger partial charge in [-0.05, 0) is 30.2 Å². The Labute approximate surface area is 164 Å². The minimum absolute atomic E-state index is 0.0341. The van der Waals surface area contributed by atoms with E-state index < -0.39 is 28.5 Å². The van der Waals surface area contributed by atoms with Crippen LogP contribution in [-0.4, -0.2) is 42.8 Å². The molecule has 0 saturated carbocycles. The van der Waals surface area contributed by atoms with Crippen molar-refractivity contribution in [2.24, 2.45) is 0 Å². The van der Waals surface area contributed by atoms with Crippen molar-refractivity contribution in [1.82, 2.24) is 9.97 Å². The van der Waals surface area contributed by atoms with Crippen molar-refractivity contribution in [2.45, 2.75) is 30.3 Å². The highest BCUT2D eigenvalue weighted by atomic mass is 32.2. The Morgan fingerprint density at radius 2 is 1.83 bits per heavy atom. The molecule has 11 heteroatoms. The molecule has 0 aliphatic carbocycles. The van der Waals surface area contributed by atoms with Crippen LogP contribution in [0.25, 0.3) is 11.4 Å². The second kappa shape index (κ2) is 8.44. The van der Waals surface area contributed by atoms with Crippen molar-refractivity contribution in [3.8, 4) is 17.1 Å². The molecule has 0 spiro atoms. The van der Waals surface area contributed by atoms with Crippen LogP contribution in [0, 0.1) is 0 Å². The summed E-state index contributed by atoms with van der Waals surface area (Å²) in [6.07, 6.45) is -1.39. The summed E-state index contributed by atoms with van der Waals surface area (Å²) >= 11 is 0. The molecule has 29 heavy (non-hydrogen) atoms. The van der Waals surface area contributed by atoms with E-state index in [4.69, 9.17) is 0 Å². The minimum atomic E-state index is -5.74. The standard InChI is InChI=1S/C18H17F5N2O3S/c1-3-5-12-8-15(29(26,27)4-2)16(25-9-12)14-7-6-13(10-24-14)28-11-17(19,20)18(21,22)23/h3,6-10H,1,4-5,11H2,2H3. The predicted molar refractivity (Wildman–Crippen MR) is 95.6 cm³/mol. The molecule has 0 radical (unpaired) electrons. The first-order valence-electron chi connectivity index (χ1n) is 8.27. The maximum atomic E-state index is 12.9. The zero-order chi connectivity index (χ0) is 21.9. The lowest BCUT2D eigenvalue weighted by Crippen LogP contribution is -2.41. The second-order valence-electron chi connectivity index (χ2n) is 5.96. The summed E-state index contributed by atoms with van der Waals surface area (Å²) < 4.78 is 91.7. The number of rotatable bonds is 8. The molecule has 2 aromatic rings. The molecule has 2 rings (SSSR count). The van der Waals surface area contributed by atoms with E-state index in [1.165, 1.54) is 25.3 Å². The van der Waals surface area contributed by atoms with E-state index in [1.807, 2.05) is 0 Å². The topological polar surface area (TPSA) is 69.2 Å². The van der Waals surface area contributed by atoms with Gasteiger partial charge < -0.3 is 4.74 Å². The number of pyridine rings is 2. The fourth-order valence-electron chi connectivity index (χ4n) is 2.21. The number of hydrogen-bond acceptors (Lipinski definition) is 5. The smallest absolute Gasteiger partial charge is 0.456 e. The van der Waals surface area contributed by atoms with Crippen LogP contribution in [0.2, 0.25) is 0 Å². The molecule has 0 bridgehead atoms. The summed E-state index contributed by atoms with van der Waals surface area (Å²) in [5, 5.41) is 0. The lowest BCUT2D eigenvalue weighted by Gasteiger charge is -2.19. The van der Waals surface area contributed by atoms with Crippen LogP contribution < -0.4 is 4.74 Å². The number of hydrogen-bond donors (Lipinski definition) is 0. The highest BCUT2D eigenvalue weighted by Gasteiger charge is 2.58. The van der Waals surface area contributed by atoms with E-state index in [1.54, 1.807) is 6.08 Å². The van der Waals surface area contributed by atoms with Gasteiger partial charge in [-0.3, -0.25) is 9.97 Å². The quantitative estimate of drug-likeness (QED) is 0.457. The average Bonchev–Trinajstić information content (AvgIpc) is 2.66. The lowest BCUT2D eigenvalue weighted by molar-refractivity contribution is -0.290. The Hall–Kier alpha value is -2.56. The molecule has 158 valence electrons. The molecule has 0 aliphatic heterocycles. The van der Waals surface area contributed by atoms with Gasteiger partial charge in [0.1, 0.15) is 11.4 Å². The Kier molecular flexibility index (Phi) is 6.61. The van der Waals surface area contributed by atoms with Gasteiger partial charge in [-0.2, -0.15) is 22.0 Å². The van der Waals surface area contributed by atoms with Gasteiger partial charge in [-0.25, -0.2) is 8.42 Å². The van der Waals surface area contributed by atoms with E-state index in [2.05, 4.69) is 21.3 Å². The van der Waals surface area contributed by atoms with E-state index in [9.17, 15) is 30.4 Å². The van der Waals surface area contributed by atoms with Crippen LogP contribution in [0.4, 0.5) is 22.0 Å². The molecular weight excluding hydrogens is 419 g/mol. The van der Waals surface area contributed by atoms with Crippen molar-refractivity contribution >= 4 is 9.84 Å². The van der Waals surface area contributed by atoms with Gasteiger partial charge >= 0.3 is 12.1 Å². The Morgan fingerprint density at radius 1 is 1.14 bits per heavy atom. The summed E-state index contributed by atoms with van der Waals surface area (Å²) in [4.78, 5) is 7.96. The molecule has 0 aromatic carbocycles. The van der Waals surface area contributed by atoms with Crippen LogP contribution in [-0.2, 0) is 16.3 Å². The van der Waals surface area contributed by atoms with Crippen molar-refractivity contribution in [2.75, 3.05) is 12.4 Å². The molecule has 0 atom stereocenters. The van der Waals surface area contributed by atoms with Gasteiger partial charge in [0.05, 0.1) is 22.5 Å². The highest BCUT2D eigenvalue weighted by molar-refractivity contribution is 7.91. The number of nitrogens with zero attached hydrogens (tertiary/aromatic N) is 2. The zero-order valence-corrected chi connectivity index (χ0v) is 16.0. The third-order valence-corrected chi connectivity index (χ3v) is 5.56. The number of ether oxygens (including phenoxy) is 1. The molecular formula is C18H17F5N2O3S. The third kappa shape index (κ3) is 5.28. The normalized spacial score (nSPS) is 12.6. The number of alkyl halides is 5. The predicted octanol–water partition coefficient (Wildman–Crippen LogP) is 4.24. The SMILES string of the molecule is C=CCc1cnc(-c2ccc(OCC(F)(F)C(F)(F)F)cn2)c(S(=O)(=O)CC)c1. The van der Waals surface area contributed by atoms with Crippen molar-refractivity contribution in [1.29, 1.82) is 0 Å². The summed E-state index contributed by atoms with van der Waals surface area (Å²) in [6, 6.07) is 3.78. The van der Waals surface area contributed by atoms with E-state index in [0.29, 0.717) is 12.0 Å². The van der Waals surface area contributed by atoms with Gasteiger partial charge in [-0.15, -0.1) is 6.58 Å². The maximum Gasteiger partial charge on any atom is 0.456 e. The summed E-state index contributed by atoms with van der Waals surface area (Å²) in [5.74, 6) is -5.54. The van der Waals surface area contributed by atoms with Crippen molar-refractivity contribution in [3.05, 3.63) is 48.8 Å². The number of allylic oxidation sites excluding steroid dienone is 1. The molecule has 2 aromatic heterocycles. The van der Waals surface area contributed by atoms with Crippen molar-refractivity contribution < 1.29 is 35.1 Å². The van der Waals surface area contributed by atoms with E-state index in [-0.39, 0.29) is 27.8 Å². The van der Waals surface area contributed by atoms with Gasteiger partial charge in [0.2, 0.25) is 0 Å². The molecule has 0 fully saturated rings. The second-order valence-corrected chi connectivity index (χ2v) is 8.20. The number of halogens is 5. The molecule has 5 nitrogen and oxygen atoms in total. The van der Waals surface area contributed by atoms with Gasteiger partial charge in [-0.1, -0.05) is 13.0 Å². The van der Waals surface area contributed by atoms with Crippen LogP contribution in [0.1, 0.15) is 12.5 Å². The highest BCUT2D eigenvalue weighted by Crippen LogP contribution is 2.36. The average molecular weight is 436 g/mol. The van der Waals surface area contributed by atoms with Gasteiger partial charge in [0.25, 0.3) is 0 Å². The fourth-order valence-corrected chi connectivity index (χ4v) is 3.30. The van der Waals surface area contributed by atoms with E-state index in [0.717, 1.165) is 12.3 Å². The van der Waals surface area contributed by atoms with Crippen LogP contribution in [0.3, 0.4) is 0 Å². The van der Waals surface area contributed by atoms with Crippen LogP contribution >= 0.6 is 0 Å². The number of aromatic nitrogens is 2. The largest absolute Gasteiger partial charge is 0.485 e. The molecule has 0 unspecified atom stereocenters. The molecule has 0 saturated heterocycles. The fraction of sp³-hybridized carbons (Fsp3) is 0.333.